The first-order chi connectivity index (χ1) is 11.2. The van der Waals surface area contributed by atoms with E-state index in [9.17, 15) is 4.79 Å². The third-order valence-electron chi connectivity index (χ3n) is 4.48. The van der Waals surface area contributed by atoms with E-state index in [0.717, 1.165) is 23.3 Å². The van der Waals surface area contributed by atoms with Crippen LogP contribution in [0.5, 0.6) is 0 Å². The van der Waals surface area contributed by atoms with E-state index in [4.69, 9.17) is 4.42 Å². The van der Waals surface area contributed by atoms with Crippen molar-refractivity contribution >= 4 is 16.9 Å². The van der Waals surface area contributed by atoms with Crippen LogP contribution in [0.4, 0.5) is 0 Å². The van der Waals surface area contributed by atoms with Crippen LogP contribution in [0, 0.1) is 0 Å². The number of hydrogen-bond donors (Lipinski definition) is 1. The lowest BCUT2D eigenvalue weighted by atomic mass is 10.1. The molecule has 0 aliphatic carbocycles. The Hall–Kier alpha value is -2.60. The van der Waals surface area contributed by atoms with Crippen molar-refractivity contribution in [2.24, 2.45) is 0 Å². The van der Waals surface area contributed by atoms with Gasteiger partial charge in [0.1, 0.15) is 17.7 Å². The summed E-state index contributed by atoms with van der Waals surface area (Å²) in [5.74, 6) is 0.904. The molecule has 0 unspecified atom stereocenters. The number of nitrogens with one attached hydrogen (secondary N) is 1. The summed E-state index contributed by atoms with van der Waals surface area (Å²) in [5, 5.41) is 0.867. The summed E-state index contributed by atoms with van der Waals surface area (Å²) in [4.78, 5) is 24.5. The number of furan rings is 1. The van der Waals surface area contributed by atoms with Gasteiger partial charge >= 0.3 is 0 Å². The van der Waals surface area contributed by atoms with Crippen LogP contribution in [-0.2, 0) is 0 Å². The van der Waals surface area contributed by atoms with Crippen LogP contribution in [0.2, 0.25) is 0 Å². The van der Waals surface area contributed by atoms with Crippen LogP contribution in [0.3, 0.4) is 0 Å². The van der Waals surface area contributed by atoms with Gasteiger partial charge in [-0.1, -0.05) is 18.2 Å². The average Bonchev–Trinajstić information content (AvgIpc) is 3.24. The number of amides is 1. The predicted molar refractivity (Wildman–Crippen MR) is 86.1 cm³/mol. The Morgan fingerprint density at radius 3 is 3.04 bits per heavy atom. The van der Waals surface area contributed by atoms with Gasteiger partial charge in [-0.25, -0.2) is 4.98 Å². The second-order valence-electron chi connectivity index (χ2n) is 5.87. The SMILES string of the molecule is CN1CCN(C(=O)c2coc3ccccc23)C[C@@H]1c1ncc[nH]1. The fraction of sp³-hybridized carbons (Fsp3) is 0.294. The molecule has 1 amide bonds. The quantitative estimate of drug-likeness (QED) is 0.788. The molecule has 2 aromatic heterocycles. The Labute approximate surface area is 133 Å². The molecule has 1 aliphatic heterocycles. The molecule has 1 N–H and O–H groups in total. The number of likely N-dealkylation sites (N-methyl/N-ethyl adjacent to an activating group) is 1. The van der Waals surface area contributed by atoms with Gasteiger partial charge in [-0.05, 0) is 13.1 Å². The van der Waals surface area contributed by atoms with E-state index < -0.39 is 0 Å². The van der Waals surface area contributed by atoms with Crippen molar-refractivity contribution in [1.82, 2.24) is 19.8 Å². The summed E-state index contributed by atoms with van der Waals surface area (Å²) in [5.41, 5.74) is 1.37. The highest BCUT2D eigenvalue weighted by atomic mass is 16.3. The molecule has 4 rings (SSSR count). The lowest BCUT2D eigenvalue weighted by Gasteiger charge is -2.38. The first-order valence-electron chi connectivity index (χ1n) is 7.69. The van der Waals surface area contributed by atoms with Gasteiger partial charge in [-0.3, -0.25) is 9.69 Å². The molecule has 1 aromatic carbocycles. The Bertz CT molecular complexity index is 824. The zero-order valence-electron chi connectivity index (χ0n) is 12.9. The van der Waals surface area contributed by atoms with Crippen molar-refractivity contribution < 1.29 is 9.21 Å². The number of carbonyl (C=O) groups is 1. The number of rotatable bonds is 2. The third kappa shape index (κ3) is 2.41. The molecule has 118 valence electrons. The first kappa shape index (κ1) is 14.0. The number of aromatic amines is 1. The fourth-order valence-electron chi connectivity index (χ4n) is 3.13. The van der Waals surface area contributed by atoms with Gasteiger partial charge in [-0.15, -0.1) is 0 Å². The molecular weight excluding hydrogens is 292 g/mol. The van der Waals surface area contributed by atoms with Gasteiger partial charge < -0.3 is 14.3 Å². The van der Waals surface area contributed by atoms with E-state index in [2.05, 4.69) is 21.9 Å². The number of aromatic nitrogens is 2. The number of piperazine rings is 1. The van der Waals surface area contributed by atoms with Crippen molar-refractivity contribution in [2.45, 2.75) is 6.04 Å². The van der Waals surface area contributed by atoms with Crippen LogP contribution in [0.15, 0.2) is 47.3 Å². The Kier molecular flexibility index (Phi) is 3.38. The second-order valence-corrected chi connectivity index (χ2v) is 5.87. The molecule has 1 saturated heterocycles. The molecule has 23 heavy (non-hydrogen) atoms. The second kappa shape index (κ2) is 5.55. The van der Waals surface area contributed by atoms with E-state index in [0.29, 0.717) is 18.7 Å². The number of nitrogens with zero attached hydrogens (tertiary/aromatic N) is 3. The van der Waals surface area contributed by atoms with Gasteiger partial charge in [0, 0.05) is 37.4 Å². The summed E-state index contributed by atoms with van der Waals surface area (Å²) >= 11 is 0. The molecule has 1 aliphatic rings. The molecule has 0 saturated carbocycles. The van der Waals surface area contributed by atoms with Gasteiger partial charge in [0.2, 0.25) is 0 Å². The Morgan fingerprint density at radius 1 is 1.35 bits per heavy atom. The first-order valence-corrected chi connectivity index (χ1v) is 7.69. The molecule has 1 fully saturated rings. The molecule has 3 aromatic rings. The third-order valence-corrected chi connectivity index (χ3v) is 4.48. The maximum absolute atomic E-state index is 12.9. The van der Waals surface area contributed by atoms with E-state index in [1.54, 1.807) is 12.5 Å². The number of fused-ring (bicyclic) bond motifs is 1. The lowest BCUT2D eigenvalue weighted by Crippen LogP contribution is -2.49. The average molecular weight is 310 g/mol. The number of imidazole rings is 1. The minimum atomic E-state index is 0.0135. The molecular formula is C17H18N4O2. The molecule has 0 bridgehead atoms. The van der Waals surface area contributed by atoms with Crippen LogP contribution >= 0.6 is 0 Å². The molecule has 0 radical (unpaired) electrons. The van der Waals surface area contributed by atoms with Crippen LogP contribution in [0.1, 0.15) is 22.2 Å². The van der Waals surface area contributed by atoms with Crippen LogP contribution in [0.25, 0.3) is 11.0 Å². The number of hydrogen-bond acceptors (Lipinski definition) is 4. The highest BCUT2D eigenvalue weighted by Crippen LogP contribution is 2.26. The monoisotopic (exact) mass is 310 g/mol. The standard InChI is InChI=1S/C17H18N4O2/c1-20-8-9-21(10-14(20)16-18-6-7-19-16)17(22)13-11-23-15-5-3-2-4-12(13)15/h2-7,11,14H,8-10H2,1H3,(H,18,19)/t14-/m1/s1. The molecule has 6 heteroatoms. The highest BCUT2D eigenvalue weighted by molar-refractivity contribution is 6.05. The predicted octanol–water partition coefficient (Wildman–Crippen LogP) is 2.28. The van der Waals surface area contributed by atoms with Crippen molar-refractivity contribution in [3.8, 4) is 0 Å². The number of H-pyrrole nitrogens is 1. The summed E-state index contributed by atoms with van der Waals surface area (Å²) in [6, 6.07) is 7.71. The van der Waals surface area contributed by atoms with E-state index in [1.165, 1.54) is 0 Å². The van der Waals surface area contributed by atoms with E-state index in [-0.39, 0.29) is 11.9 Å². The summed E-state index contributed by atoms with van der Waals surface area (Å²) in [6.07, 6.45) is 5.12. The van der Waals surface area contributed by atoms with E-state index >= 15 is 0 Å². The molecule has 0 spiro atoms. The summed E-state index contributed by atoms with van der Waals surface area (Å²) in [7, 11) is 2.06. The van der Waals surface area contributed by atoms with Crippen molar-refractivity contribution in [3.05, 3.63) is 54.3 Å². The Balaban J connectivity index is 1.61. The molecule has 6 nitrogen and oxygen atoms in total. The maximum atomic E-state index is 12.9. The number of para-hydroxylation sites is 1. The smallest absolute Gasteiger partial charge is 0.257 e. The minimum Gasteiger partial charge on any atom is -0.463 e. The topological polar surface area (TPSA) is 65.4 Å². The Morgan fingerprint density at radius 2 is 2.22 bits per heavy atom. The van der Waals surface area contributed by atoms with Crippen molar-refractivity contribution in [2.75, 3.05) is 26.7 Å². The van der Waals surface area contributed by atoms with Crippen molar-refractivity contribution in [3.63, 3.8) is 0 Å². The van der Waals surface area contributed by atoms with Gasteiger partial charge in [0.15, 0.2) is 0 Å². The summed E-state index contributed by atoms with van der Waals surface area (Å²) < 4.78 is 5.50. The minimum absolute atomic E-state index is 0.0135. The van der Waals surface area contributed by atoms with Crippen LogP contribution in [-0.4, -0.2) is 52.4 Å². The zero-order valence-corrected chi connectivity index (χ0v) is 12.9. The van der Waals surface area contributed by atoms with Crippen LogP contribution < -0.4 is 0 Å². The highest BCUT2D eigenvalue weighted by Gasteiger charge is 2.31. The molecule has 3 heterocycles. The fourth-order valence-corrected chi connectivity index (χ4v) is 3.13. The largest absolute Gasteiger partial charge is 0.463 e. The lowest BCUT2D eigenvalue weighted by molar-refractivity contribution is 0.0535. The summed E-state index contributed by atoms with van der Waals surface area (Å²) in [6.45, 7) is 2.13. The zero-order chi connectivity index (χ0) is 15.8. The maximum Gasteiger partial charge on any atom is 0.257 e. The number of carbonyl (C=O) groups excluding carboxylic acids is 1. The van der Waals surface area contributed by atoms with Gasteiger partial charge in [-0.2, -0.15) is 0 Å². The van der Waals surface area contributed by atoms with E-state index in [1.807, 2.05) is 35.4 Å². The normalized spacial score (nSPS) is 19.3. The molecule has 1 atom stereocenters. The van der Waals surface area contributed by atoms with Gasteiger partial charge in [0.25, 0.3) is 5.91 Å². The van der Waals surface area contributed by atoms with Gasteiger partial charge in [0.05, 0.1) is 11.6 Å². The number of benzene rings is 1. The van der Waals surface area contributed by atoms with Crippen molar-refractivity contribution in [1.29, 1.82) is 0 Å².